The summed E-state index contributed by atoms with van der Waals surface area (Å²) in [6, 6.07) is 8.67. The van der Waals surface area contributed by atoms with Crippen LogP contribution < -0.4 is 21.1 Å². The molecule has 16 heavy (non-hydrogen) atoms. The highest BCUT2D eigenvalue weighted by molar-refractivity contribution is 5.67. The number of carbonyl (C=O) groups is 1. The Bertz CT molecular complexity index is 288. The van der Waals surface area contributed by atoms with Crippen LogP contribution in [0.25, 0.3) is 0 Å². The fourth-order valence-corrected chi connectivity index (χ4v) is 1.21. The highest BCUT2D eigenvalue weighted by Crippen LogP contribution is 2.07. The molecular formula is C11H17N3O2. The molecule has 1 aliphatic rings. The molecule has 2 rings (SSSR count). The first-order valence-electron chi connectivity index (χ1n) is 5.23. The van der Waals surface area contributed by atoms with Gasteiger partial charge in [-0.2, -0.15) is 0 Å². The number of piperazine rings is 1. The molecule has 0 unspecified atom stereocenters. The van der Waals surface area contributed by atoms with Gasteiger partial charge in [0.15, 0.2) is 0 Å². The predicted octanol–water partition coefficient (Wildman–Crippen LogP) is 0.323. The van der Waals surface area contributed by atoms with Crippen molar-refractivity contribution in [3.8, 4) is 5.75 Å². The molecule has 5 nitrogen and oxygen atoms in total. The Morgan fingerprint density at radius 2 is 1.56 bits per heavy atom. The van der Waals surface area contributed by atoms with E-state index in [0.29, 0.717) is 5.75 Å². The second-order valence-corrected chi connectivity index (χ2v) is 3.23. The molecule has 0 bridgehead atoms. The fraction of sp³-hybridized carbons (Fsp3) is 0.364. The van der Waals surface area contributed by atoms with Crippen molar-refractivity contribution in [3.63, 3.8) is 0 Å². The van der Waals surface area contributed by atoms with Crippen molar-refractivity contribution in [1.82, 2.24) is 10.6 Å². The molecule has 0 aliphatic carbocycles. The Morgan fingerprint density at radius 3 is 1.94 bits per heavy atom. The summed E-state index contributed by atoms with van der Waals surface area (Å²) < 4.78 is 4.55. The molecular weight excluding hydrogens is 206 g/mol. The van der Waals surface area contributed by atoms with Crippen LogP contribution in [0.1, 0.15) is 0 Å². The van der Waals surface area contributed by atoms with Crippen LogP contribution in [-0.2, 0) is 0 Å². The van der Waals surface area contributed by atoms with E-state index >= 15 is 0 Å². The van der Waals surface area contributed by atoms with Gasteiger partial charge in [0.2, 0.25) is 0 Å². The zero-order valence-corrected chi connectivity index (χ0v) is 9.11. The van der Waals surface area contributed by atoms with Gasteiger partial charge in [-0.1, -0.05) is 18.2 Å². The van der Waals surface area contributed by atoms with Gasteiger partial charge >= 0.3 is 6.09 Å². The molecule has 1 amide bonds. The highest BCUT2D eigenvalue weighted by atomic mass is 16.5. The van der Waals surface area contributed by atoms with Gasteiger partial charge in [0, 0.05) is 26.2 Å². The molecule has 1 aromatic rings. The Kier molecular flexibility index (Phi) is 5.98. The SMILES string of the molecule is C1CNCCN1.NC(=O)Oc1ccccc1. The third-order valence-electron chi connectivity index (χ3n) is 1.92. The number of nitrogens with one attached hydrogen (secondary N) is 2. The summed E-state index contributed by atoms with van der Waals surface area (Å²) in [6.07, 6.45) is -0.786. The molecule has 0 saturated carbocycles. The van der Waals surface area contributed by atoms with Crippen LogP contribution in [0.2, 0.25) is 0 Å². The fourth-order valence-electron chi connectivity index (χ4n) is 1.21. The Balaban J connectivity index is 0.000000181. The summed E-state index contributed by atoms with van der Waals surface area (Å²) >= 11 is 0. The summed E-state index contributed by atoms with van der Waals surface area (Å²) in [4.78, 5) is 10.2. The lowest BCUT2D eigenvalue weighted by Crippen LogP contribution is -2.39. The van der Waals surface area contributed by atoms with Crippen molar-refractivity contribution in [2.45, 2.75) is 0 Å². The van der Waals surface area contributed by atoms with Crippen molar-refractivity contribution < 1.29 is 9.53 Å². The van der Waals surface area contributed by atoms with E-state index in [0.717, 1.165) is 26.2 Å². The van der Waals surface area contributed by atoms with E-state index in [1.54, 1.807) is 24.3 Å². The van der Waals surface area contributed by atoms with Crippen LogP contribution in [0.3, 0.4) is 0 Å². The molecule has 4 N–H and O–H groups in total. The van der Waals surface area contributed by atoms with E-state index in [4.69, 9.17) is 5.73 Å². The molecule has 0 aromatic heterocycles. The summed E-state index contributed by atoms with van der Waals surface area (Å²) in [6.45, 7) is 4.56. The molecule has 1 aromatic carbocycles. The van der Waals surface area contributed by atoms with Crippen LogP contribution in [0.5, 0.6) is 5.75 Å². The third kappa shape index (κ3) is 6.00. The van der Waals surface area contributed by atoms with Crippen LogP contribution in [-0.4, -0.2) is 32.3 Å². The number of ether oxygens (including phenoxy) is 1. The molecule has 0 atom stereocenters. The maximum atomic E-state index is 10.2. The van der Waals surface area contributed by atoms with Gasteiger partial charge in [0.25, 0.3) is 0 Å². The van der Waals surface area contributed by atoms with E-state index < -0.39 is 6.09 Å². The summed E-state index contributed by atoms with van der Waals surface area (Å²) in [7, 11) is 0. The summed E-state index contributed by atoms with van der Waals surface area (Å²) in [5, 5.41) is 6.44. The maximum absolute atomic E-state index is 10.2. The number of nitrogens with two attached hydrogens (primary N) is 1. The molecule has 88 valence electrons. The lowest BCUT2D eigenvalue weighted by atomic mass is 10.3. The molecule has 0 spiro atoms. The average molecular weight is 223 g/mol. The van der Waals surface area contributed by atoms with Gasteiger partial charge in [-0.3, -0.25) is 0 Å². The average Bonchev–Trinajstić information content (AvgIpc) is 2.32. The number of hydrogen-bond acceptors (Lipinski definition) is 4. The Labute approximate surface area is 95.0 Å². The lowest BCUT2D eigenvalue weighted by molar-refractivity contribution is 0.211. The topological polar surface area (TPSA) is 76.4 Å². The van der Waals surface area contributed by atoms with Gasteiger partial charge in [-0.25, -0.2) is 4.79 Å². The highest BCUT2D eigenvalue weighted by Gasteiger charge is 1.93. The zero-order chi connectivity index (χ0) is 11.6. The van der Waals surface area contributed by atoms with Crippen molar-refractivity contribution in [2.75, 3.05) is 26.2 Å². The third-order valence-corrected chi connectivity index (χ3v) is 1.92. The molecule has 0 radical (unpaired) electrons. The number of para-hydroxylation sites is 1. The second-order valence-electron chi connectivity index (χ2n) is 3.23. The molecule has 1 heterocycles. The van der Waals surface area contributed by atoms with E-state index in [-0.39, 0.29) is 0 Å². The first-order chi connectivity index (χ1) is 7.79. The Hall–Kier alpha value is -1.59. The predicted molar refractivity (Wildman–Crippen MR) is 62.4 cm³/mol. The minimum atomic E-state index is -0.786. The van der Waals surface area contributed by atoms with Crippen LogP contribution in [0, 0.1) is 0 Å². The summed E-state index contributed by atoms with van der Waals surface area (Å²) in [5.74, 6) is 0.468. The number of primary amides is 1. The Morgan fingerprint density at radius 1 is 1.06 bits per heavy atom. The van der Waals surface area contributed by atoms with E-state index in [9.17, 15) is 4.79 Å². The zero-order valence-electron chi connectivity index (χ0n) is 9.11. The molecule has 5 heteroatoms. The number of hydrogen-bond donors (Lipinski definition) is 3. The van der Waals surface area contributed by atoms with Crippen LogP contribution in [0.15, 0.2) is 30.3 Å². The van der Waals surface area contributed by atoms with Gasteiger partial charge in [-0.15, -0.1) is 0 Å². The number of rotatable bonds is 1. The van der Waals surface area contributed by atoms with Crippen LogP contribution in [0.4, 0.5) is 4.79 Å². The van der Waals surface area contributed by atoms with Gasteiger partial charge in [-0.05, 0) is 12.1 Å². The molecule has 1 fully saturated rings. The quantitative estimate of drug-likeness (QED) is 0.641. The minimum Gasteiger partial charge on any atom is -0.411 e. The lowest BCUT2D eigenvalue weighted by Gasteiger charge is -2.11. The molecule has 1 aliphatic heterocycles. The van der Waals surface area contributed by atoms with E-state index in [2.05, 4.69) is 15.4 Å². The first kappa shape index (κ1) is 12.5. The van der Waals surface area contributed by atoms with Crippen molar-refractivity contribution in [2.24, 2.45) is 5.73 Å². The van der Waals surface area contributed by atoms with Crippen LogP contribution >= 0.6 is 0 Å². The first-order valence-corrected chi connectivity index (χ1v) is 5.23. The van der Waals surface area contributed by atoms with Gasteiger partial charge in [0.1, 0.15) is 5.75 Å². The van der Waals surface area contributed by atoms with Crippen molar-refractivity contribution in [3.05, 3.63) is 30.3 Å². The largest absolute Gasteiger partial charge is 0.411 e. The monoisotopic (exact) mass is 223 g/mol. The standard InChI is InChI=1S/C7H7NO2.C4H10N2/c8-7(9)10-6-4-2-1-3-5-6;1-2-6-4-3-5-1/h1-5H,(H2,8,9);5-6H,1-4H2. The minimum absolute atomic E-state index is 0.468. The van der Waals surface area contributed by atoms with E-state index in [1.165, 1.54) is 0 Å². The second kappa shape index (κ2) is 7.67. The molecule has 1 saturated heterocycles. The van der Waals surface area contributed by atoms with Crippen molar-refractivity contribution >= 4 is 6.09 Å². The van der Waals surface area contributed by atoms with E-state index in [1.807, 2.05) is 6.07 Å². The number of carbonyl (C=O) groups excluding carboxylic acids is 1. The van der Waals surface area contributed by atoms with Gasteiger partial charge < -0.3 is 21.1 Å². The maximum Gasteiger partial charge on any atom is 0.409 e. The number of benzene rings is 1. The van der Waals surface area contributed by atoms with Gasteiger partial charge in [0.05, 0.1) is 0 Å². The van der Waals surface area contributed by atoms with Crippen molar-refractivity contribution in [1.29, 1.82) is 0 Å². The normalized spacial score (nSPS) is 14.5. The number of amides is 1. The smallest absolute Gasteiger partial charge is 0.409 e. The summed E-state index contributed by atoms with van der Waals surface area (Å²) in [5.41, 5.74) is 4.76.